The first-order valence-electron chi connectivity index (χ1n) is 15.1. The van der Waals surface area contributed by atoms with Crippen LogP contribution in [0.15, 0.2) is 40.8 Å². The van der Waals surface area contributed by atoms with Crippen LogP contribution in [0, 0.1) is 17.0 Å². The fourth-order valence-corrected chi connectivity index (χ4v) is 4.73. The highest BCUT2D eigenvalue weighted by atomic mass is 16.6. The summed E-state index contributed by atoms with van der Waals surface area (Å²) < 4.78 is 23.4. The maximum absolute atomic E-state index is 10.8. The number of nitrogens with zero attached hydrogens (tertiary/aromatic N) is 2. The van der Waals surface area contributed by atoms with Crippen LogP contribution in [0.4, 0.5) is 5.69 Å². The molecule has 1 heterocycles. The van der Waals surface area contributed by atoms with Crippen molar-refractivity contribution in [3.05, 3.63) is 52.4 Å². The second kappa shape index (κ2) is 18.1. The summed E-state index contributed by atoms with van der Waals surface area (Å²) in [5.74, 6) is 2.37. The van der Waals surface area contributed by atoms with Gasteiger partial charge in [0.25, 0.3) is 5.69 Å². The van der Waals surface area contributed by atoms with E-state index >= 15 is 0 Å². The molecule has 0 aliphatic heterocycles. The van der Waals surface area contributed by atoms with Crippen molar-refractivity contribution in [1.29, 1.82) is 0 Å². The lowest BCUT2D eigenvalue weighted by molar-refractivity contribution is -0.384. The third-order valence-electron chi connectivity index (χ3n) is 6.97. The van der Waals surface area contributed by atoms with E-state index in [-0.39, 0.29) is 18.9 Å². The zero-order valence-electron chi connectivity index (χ0n) is 24.3. The number of benzene rings is 2. The van der Waals surface area contributed by atoms with Gasteiger partial charge < -0.3 is 18.6 Å². The quantitative estimate of drug-likeness (QED) is 0.0693. The predicted octanol–water partition coefficient (Wildman–Crippen LogP) is 9.36. The van der Waals surface area contributed by atoms with Crippen molar-refractivity contribution in [2.45, 2.75) is 104 Å². The van der Waals surface area contributed by atoms with E-state index in [1.807, 2.05) is 19.1 Å². The van der Waals surface area contributed by atoms with Crippen molar-refractivity contribution >= 4 is 16.8 Å². The Morgan fingerprint density at radius 3 is 1.85 bits per heavy atom. The summed E-state index contributed by atoms with van der Waals surface area (Å²) in [7, 11) is 0. The summed E-state index contributed by atoms with van der Waals surface area (Å²) in [5.41, 5.74) is 1.41. The minimum atomic E-state index is -0.436. The van der Waals surface area contributed by atoms with Gasteiger partial charge in [0.2, 0.25) is 0 Å². The molecule has 0 unspecified atom stereocenters. The van der Waals surface area contributed by atoms with Crippen LogP contribution in [-0.4, -0.2) is 29.7 Å². The van der Waals surface area contributed by atoms with Crippen molar-refractivity contribution in [2.24, 2.45) is 0 Å². The Labute approximate surface area is 238 Å². The summed E-state index contributed by atoms with van der Waals surface area (Å²) in [6.45, 7) is 5.27. The molecule has 3 rings (SSSR count). The number of aryl methyl sites for hydroxylation is 1. The molecule has 1 aromatic heterocycles. The zero-order valence-corrected chi connectivity index (χ0v) is 24.3. The van der Waals surface area contributed by atoms with Gasteiger partial charge >= 0.3 is 0 Å². The van der Waals surface area contributed by atoms with Gasteiger partial charge in [-0.3, -0.25) is 10.1 Å². The molecule has 0 N–H and O–H groups in total. The molecule has 0 saturated carbocycles. The van der Waals surface area contributed by atoms with E-state index in [9.17, 15) is 10.1 Å². The summed E-state index contributed by atoms with van der Waals surface area (Å²) in [6.07, 6.45) is 18.5. The van der Waals surface area contributed by atoms with E-state index in [0.29, 0.717) is 40.8 Å². The molecule has 40 heavy (non-hydrogen) atoms. The second-order valence-corrected chi connectivity index (χ2v) is 10.4. The Morgan fingerprint density at radius 1 is 0.725 bits per heavy atom. The molecule has 0 spiro atoms. The van der Waals surface area contributed by atoms with Crippen LogP contribution < -0.4 is 14.2 Å². The Hall–Kier alpha value is -3.29. The van der Waals surface area contributed by atoms with Crippen molar-refractivity contribution in [3.63, 3.8) is 0 Å². The van der Waals surface area contributed by atoms with Crippen molar-refractivity contribution in [2.75, 3.05) is 19.8 Å². The molecule has 0 bridgehead atoms. The van der Waals surface area contributed by atoms with Gasteiger partial charge in [0.15, 0.2) is 23.0 Å². The molecule has 0 radical (unpaired) electrons. The number of aromatic nitrogens is 1. The van der Waals surface area contributed by atoms with Gasteiger partial charge in [0.05, 0.1) is 11.5 Å². The Morgan fingerprint density at radius 2 is 1.25 bits per heavy atom. The smallest absolute Gasteiger partial charge is 0.269 e. The summed E-state index contributed by atoms with van der Waals surface area (Å²) in [6, 6.07) is 9.66. The van der Waals surface area contributed by atoms with Crippen LogP contribution in [0.1, 0.15) is 103 Å². The minimum Gasteiger partial charge on any atom is -0.490 e. The highest BCUT2D eigenvalue weighted by Crippen LogP contribution is 2.33. The van der Waals surface area contributed by atoms with Crippen molar-refractivity contribution in [3.8, 4) is 17.2 Å². The number of nitro groups is 1. The molecule has 8 heteroatoms. The number of rotatable bonds is 22. The molecule has 0 fully saturated rings. The van der Waals surface area contributed by atoms with E-state index in [2.05, 4.69) is 11.9 Å². The van der Waals surface area contributed by atoms with Crippen LogP contribution >= 0.6 is 0 Å². The van der Waals surface area contributed by atoms with Crippen molar-refractivity contribution in [1.82, 2.24) is 4.98 Å². The fourth-order valence-electron chi connectivity index (χ4n) is 4.73. The number of fused-ring (bicyclic) bond motifs is 1. The Kier molecular flexibility index (Phi) is 14.2. The Bertz CT molecular complexity index is 1130. The highest BCUT2D eigenvalue weighted by Gasteiger charge is 2.13. The zero-order chi connectivity index (χ0) is 28.4. The van der Waals surface area contributed by atoms with Crippen LogP contribution in [0.5, 0.6) is 17.2 Å². The maximum Gasteiger partial charge on any atom is 0.269 e. The van der Waals surface area contributed by atoms with Gasteiger partial charge in [0, 0.05) is 31.2 Å². The minimum absolute atomic E-state index is 0.0281. The van der Waals surface area contributed by atoms with Crippen LogP contribution in [0.2, 0.25) is 0 Å². The van der Waals surface area contributed by atoms with Gasteiger partial charge in [-0.1, -0.05) is 90.4 Å². The van der Waals surface area contributed by atoms with Gasteiger partial charge in [-0.25, -0.2) is 4.98 Å². The van der Waals surface area contributed by atoms with Crippen LogP contribution in [0.3, 0.4) is 0 Å². The standard InChI is InChI=1S/C32H46N2O6/c1-3-4-5-6-7-8-9-10-11-12-13-14-15-16-21-38-32-25-30-29(33-26(2)40-30)24-31(32)39-23-22-37-28-19-17-27(18-20-28)34(35)36/h17-20,24-25H,3-16,21-23H2,1-2H3. The van der Waals surface area contributed by atoms with Crippen molar-refractivity contribution < 1.29 is 23.6 Å². The topological polar surface area (TPSA) is 96.9 Å². The van der Waals surface area contributed by atoms with Gasteiger partial charge in [-0.2, -0.15) is 0 Å². The average Bonchev–Trinajstić information content (AvgIpc) is 3.32. The van der Waals surface area contributed by atoms with E-state index < -0.39 is 4.92 Å². The molecular formula is C32H46N2O6. The maximum atomic E-state index is 10.8. The van der Waals surface area contributed by atoms with Gasteiger partial charge in [0.1, 0.15) is 24.5 Å². The highest BCUT2D eigenvalue weighted by molar-refractivity contribution is 5.77. The number of hydrogen-bond donors (Lipinski definition) is 0. The first-order chi connectivity index (χ1) is 19.6. The summed E-state index contributed by atoms with van der Waals surface area (Å²) in [4.78, 5) is 14.8. The lowest BCUT2D eigenvalue weighted by Gasteiger charge is -2.13. The molecule has 3 aromatic rings. The molecular weight excluding hydrogens is 508 g/mol. The lowest BCUT2D eigenvalue weighted by atomic mass is 10.0. The van der Waals surface area contributed by atoms with Crippen LogP contribution in [-0.2, 0) is 0 Å². The molecule has 220 valence electrons. The Balaban J connectivity index is 1.32. The average molecular weight is 555 g/mol. The molecule has 0 saturated heterocycles. The molecule has 0 aliphatic carbocycles. The normalized spacial score (nSPS) is 11.2. The third kappa shape index (κ3) is 11.4. The van der Waals surface area contributed by atoms with E-state index in [0.717, 1.165) is 12.8 Å². The van der Waals surface area contributed by atoms with Crippen LogP contribution in [0.25, 0.3) is 11.1 Å². The molecule has 0 atom stereocenters. The van der Waals surface area contributed by atoms with Gasteiger partial charge in [-0.15, -0.1) is 0 Å². The van der Waals surface area contributed by atoms with Gasteiger partial charge in [-0.05, 0) is 18.6 Å². The van der Waals surface area contributed by atoms with E-state index in [1.54, 1.807) is 12.1 Å². The number of non-ortho nitro benzene ring substituents is 1. The monoisotopic (exact) mass is 554 g/mol. The number of oxazole rings is 1. The molecule has 0 aliphatic rings. The molecule has 0 amide bonds. The first-order valence-corrected chi connectivity index (χ1v) is 15.1. The third-order valence-corrected chi connectivity index (χ3v) is 6.97. The predicted molar refractivity (Wildman–Crippen MR) is 159 cm³/mol. The van der Waals surface area contributed by atoms with E-state index in [1.165, 1.54) is 89.2 Å². The lowest BCUT2D eigenvalue weighted by Crippen LogP contribution is -2.10. The number of nitro benzene ring substituents is 1. The number of hydrogen-bond acceptors (Lipinski definition) is 7. The first kappa shape index (κ1) is 31.2. The SMILES string of the molecule is CCCCCCCCCCCCCCCCOc1cc2oc(C)nc2cc1OCCOc1ccc([N+](=O)[O-])cc1. The summed E-state index contributed by atoms with van der Waals surface area (Å²) in [5, 5.41) is 10.8. The molecule has 2 aromatic carbocycles. The second-order valence-electron chi connectivity index (χ2n) is 10.4. The molecule has 8 nitrogen and oxygen atoms in total. The fraction of sp³-hybridized carbons (Fsp3) is 0.594. The van der Waals surface area contributed by atoms with E-state index in [4.69, 9.17) is 18.6 Å². The number of unbranched alkanes of at least 4 members (excludes halogenated alkanes) is 13. The largest absolute Gasteiger partial charge is 0.490 e. The summed E-state index contributed by atoms with van der Waals surface area (Å²) >= 11 is 0. The number of ether oxygens (including phenoxy) is 3.